The highest BCUT2D eigenvalue weighted by Gasteiger charge is 2.22. The molecule has 1 atom stereocenters. The van der Waals surface area contributed by atoms with E-state index >= 15 is 0 Å². The van der Waals surface area contributed by atoms with E-state index in [2.05, 4.69) is 14.8 Å². The summed E-state index contributed by atoms with van der Waals surface area (Å²) >= 11 is 0. The van der Waals surface area contributed by atoms with Gasteiger partial charge < -0.3 is 10.1 Å². The Kier molecular flexibility index (Phi) is 6.66. The van der Waals surface area contributed by atoms with Gasteiger partial charge in [-0.25, -0.2) is 21.6 Å². The SMILES string of the molecule is CCS(=O)(=O)Nc1cc(OC)ccc1S(=O)(=O)NCCC1CCNC1. The number of hydrogen-bond donors (Lipinski definition) is 3. The van der Waals surface area contributed by atoms with Crippen LogP contribution in [-0.4, -0.2) is 49.3 Å². The van der Waals surface area contributed by atoms with Crippen molar-refractivity contribution in [1.29, 1.82) is 0 Å². The second kappa shape index (κ2) is 8.35. The Morgan fingerprint density at radius 3 is 2.64 bits per heavy atom. The summed E-state index contributed by atoms with van der Waals surface area (Å²) in [5.74, 6) is 0.660. The molecule has 1 heterocycles. The van der Waals surface area contributed by atoms with Crippen molar-refractivity contribution in [3.05, 3.63) is 18.2 Å². The summed E-state index contributed by atoms with van der Waals surface area (Å²) in [6.07, 6.45) is 1.77. The standard InChI is InChI=1S/C15H25N3O5S2/c1-3-24(19,20)18-14-10-13(23-2)4-5-15(14)25(21,22)17-9-7-12-6-8-16-11-12/h4-5,10,12,16-18H,3,6-9,11H2,1-2H3. The van der Waals surface area contributed by atoms with E-state index in [-0.39, 0.29) is 16.3 Å². The maximum Gasteiger partial charge on any atom is 0.242 e. The first-order valence-corrected chi connectivity index (χ1v) is 11.3. The molecule has 0 aliphatic carbocycles. The first-order valence-electron chi connectivity index (χ1n) is 8.16. The lowest BCUT2D eigenvalue weighted by molar-refractivity contribution is 0.414. The van der Waals surface area contributed by atoms with Gasteiger partial charge >= 0.3 is 0 Å². The van der Waals surface area contributed by atoms with Crippen LogP contribution in [0.3, 0.4) is 0 Å². The third-order valence-corrected chi connectivity index (χ3v) is 6.94. The number of nitrogens with one attached hydrogen (secondary N) is 3. The smallest absolute Gasteiger partial charge is 0.242 e. The molecular formula is C15H25N3O5S2. The van der Waals surface area contributed by atoms with E-state index in [1.165, 1.54) is 32.2 Å². The molecule has 1 fully saturated rings. The maximum atomic E-state index is 12.6. The first-order chi connectivity index (χ1) is 11.8. The molecule has 142 valence electrons. The van der Waals surface area contributed by atoms with Gasteiger partial charge in [-0.15, -0.1) is 0 Å². The highest BCUT2D eigenvalue weighted by molar-refractivity contribution is 7.93. The fourth-order valence-electron chi connectivity index (χ4n) is 2.63. The lowest BCUT2D eigenvalue weighted by Gasteiger charge is -2.15. The van der Waals surface area contributed by atoms with E-state index in [4.69, 9.17) is 4.74 Å². The van der Waals surface area contributed by atoms with Crippen molar-refractivity contribution in [3.8, 4) is 5.75 Å². The van der Waals surface area contributed by atoms with Gasteiger partial charge in [0.15, 0.2) is 0 Å². The summed E-state index contributed by atoms with van der Waals surface area (Å²) in [7, 11) is -6.03. The summed E-state index contributed by atoms with van der Waals surface area (Å²) < 4.78 is 58.8. The van der Waals surface area contributed by atoms with E-state index in [0.29, 0.717) is 18.2 Å². The van der Waals surface area contributed by atoms with E-state index in [0.717, 1.165) is 25.9 Å². The topological polar surface area (TPSA) is 114 Å². The number of rotatable bonds is 9. The van der Waals surface area contributed by atoms with Crippen molar-refractivity contribution in [2.24, 2.45) is 5.92 Å². The van der Waals surface area contributed by atoms with Crippen molar-refractivity contribution < 1.29 is 21.6 Å². The number of sulfonamides is 2. The van der Waals surface area contributed by atoms with Crippen LogP contribution in [0.4, 0.5) is 5.69 Å². The van der Waals surface area contributed by atoms with E-state index in [9.17, 15) is 16.8 Å². The molecule has 1 aromatic carbocycles. The van der Waals surface area contributed by atoms with E-state index in [1.807, 2.05) is 0 Å². The van der Waals surface area contributed by atoms with Crippen LogP contribution in [0.25, 0.3) is 0 Å². The molecule has 25 heavy (non-hydrogen) atoms. The Morgan fingerprint density at radius 1 is 1.28 bits per heavy atom. The Morgan fingerprint density at radius 2 is 2.04 bits per heavy atom. The van der Waals surface area contributed by atoms with Crippen molar-refractivity contribution in [2.75, 3.05) is 37.2 Å². The minimum absolute atomic E-state index is 0.0174. The fourth-order valence-corrected chi connectivity index (χ4v) is 4.53. The van der Waals surface area contributed by atoms with Crippen LogP contribution in [0, 0.1) is 5.92 Å². The molecule has 0 amide bonds. The van der Waals surface area contributed by atoms with Gasteiger partial charge in [0.05, 0.1) is 18.6 Å². The van der Waals surface area contributed by atoms with Gasteiger partial charge in [0.2, 0.25) is 20.0 Å². The number of ether oxygens (including phenoxy) is 1. The van der Waals surface area contributed by atoms with Crippen LogP contribution >= 0.6 is 0 Å². The third kappa shape index (κ3) is 5.56. The second-order valence-corrected chi connectivity index (χ2v) is 9.66. The minimum atomic E-state index is -3.84. The lowest BCUT2D eigenvalue weighted by Crippen LogP contribution is -2.28. The molecule has 0 aromatic heterocycles. The number of hydrogen-bond acceptors (Lipinski definition) is 6. The molecule has 3 N–H and O–H groups in total. The highest BCUT2D eigenvalue weighted by Crippen LogP contribution is 2.27. The summed E-state index contributed by atoms with van der Waals surface area (Å²) in [6, 6.07) is 4.19. The molecule has 8 nitrogen and oxygen atoms in total. The summed E-state index contributed by atoms with van der Waals surface area (Å²) in [4.78, 5) is -0.116. The predicted molar refractivity (Wildman–Crippen MR) is 96.9 cm³/mol. The predicted octanol–water partition coefficient (Wildman–Crippen LogP) is 0.735. The molecule has 1 aromatic rings. The normalized spacial score (nSPS) is 18.2. The Hall–Kier alpha value is -1.36. The van der Waals surface area contributed by atoms with Crippen LogP contribution in [-0.2, 0) is 20.0 Å². The second-order valence-electron chi connectivity index (χ2n) is 5.91. The van der Waals surface area contributed by atoms with Crippen LogP contribution in [0.15, 0.2) is 23.1 Å². The molecule has 0 bridgehead atoms. The van der Waals surface area contributed by atoms with Crippen LogP contribution in [0.5, 0.6) is 5.75 Å². The van der Waals surface area contributed by atoms with Gasteiger partial charge in [0, 0.05) is 12.6 Å². The molecule has 1 aliphatic heterocycles. The van der Waals surface area contributed by atoms with Crippen molar-refractivity contribution >= 4 is 25.7 Å². The molecule has 10 heteroatoms. The monoisotopic (exact) mass is 391 g/mol. The number of methoxy groups -OCH3 is 1. The van der Waals surface area contributed by atoms with Crippen molar-refractivity contribution in [1.82, 2.24) is 10.0 Å². The van der Waals surface area contributed by atoms with Gasteiger partial charge in [-0.1, -0.05) is 0 Å². The average molecular weight is 392 g/mol. The number of benzene rings is 1. The maximum absolute atomic E-state index is 12.6. The molecule has 0 saturated carbocycles. The fraction of sp³-hybridized carbons (Fsp3) is 0.600. The number of anilines is 1. The van der Waals surface area contributed by atoms with Crippen LogP contribution < -0.4 is 19.5 Å². The van der Waals surface area contributed by atoms with Gasteiger partial charge in [0.1, 0.15) is 10.6 Å². The largest absolute Gasteiger partial charge is 0.497 e. The summed E-state index contributed by atoms with van der Waals surface area (Å²) in [6.45, 7) is 3.63. The molecule has 2 rings (SSSR count). The van der Waals surface area contributed by atoms with Gasteiger partial charge in [0.25, 0.3) is 0 Å². The quantitative estimate of drug-likeness (QED) is 0.572. The van der Waals surface area contributed by atoms with Gasteiger partial charge in [-0.3, -0.25) is 4.72 Å². The molecule has 1 saturated heterocycles. The van der Waals surface area contributed by atoms with Gasteiger partial charge in [-0.05, 0) is 50.9 Å². The highest BCUT2D eigenvalue weighted by atomic mass is 32.2. The zero-order chi connectivity index (χ0) is 18.5. The lowest BCUT2D eigenvalue weighted by atomic mass is 10.1. The van der Waals surface area contributed by atoms with Gasteiger partial charge in [-0.2, -0.15) is 0 Å². The van der Waals surface area contributed by atoms with Crippen LogP contribution in [0.2, 0.25) is 0 Å². The zero-order valence-electron chi connectivity index (χ0n) is 14.4. The van der Waals surface area contributed by atoms with Crippen molar-refractivity contribution in [2.45, 2.75) is 24.7 Å². The summed E-state index contributed by atoms with van der Waals surface area (Å²) in [5, 5.41) is 3.24. The van der Waals surface area contributed by atoms with E-state index < -0.39 is 20.0 Å². The Labute approximate surface area is 149 Å². The van der Waals surface area contributed by atoms with E-state index in [1.54, 1.807) is 0 Å². The first kappa shape index (κ1) is 20.0. The molecule has 1 aliphatic rings. The minimum Gasteiger partial charge on any atom is -0.497 e. The molecule has 0 radical (unpaired) electrons. The zero-order valence-corrected chi connectivity index (χ0v) is 16.0. The molecule has 0 spiro atoms. The Bertz CT molecular complexity index is 787. The van der Waals surface area contributed by atoms with Crippen molar-refractivity contribution in [3.63, 3.8) is 0 Å². The van der Waals surface area contributed by atoms with Crippen LogP contribution in [0.1, 0.15) is 19.8 Å². The summed E-state index contributed by atoms with van der Waals surface area (Å²) in [5.41, 5.74) is -0.0174. The molecular weight excluding hydrogens is 366 g/mol. The average Bonchev–Trinajstić information content (AvgIpc) is 3.07. The Balaban J connectivity index is 2.19. The molecule has 1 unspecified atom stereocenters. The third-order valence-electron chi connectivity index (χ3n) is 4.13.